The number of benzene rings is 2. The van der Waals surface area contributed by atoms with Crippen LogP contribution in [0, 0.1) is 0 Å². The van der Waals surface area contributed by atoms with Crippen LogP contribution in [0.5, 0.6) is 11.5 Å². The molecule has 0 spiro atoms. The molecule has 3 N–H and O–H groups in total. The Hall–Kier alpha value is -2.79. The number of phenolic OH excluding ortho intramolecular Hbond substituents is 2. The molecule has 0 saturated heterocycles. The number of hydrogen-bond donors (Lipinski definition) is 3. The van der Waals surface area contributed by atoms with Crippen LogP contribution in [0.2, 0.25) is 0 Å². The van der Waals surface area contributed by atoms with Crippen LogP contribution in [0.15, 0.2) is 42.5 Å². The summed E-state index contributed by atoms with van der Waals surface area (Å²) in [4.78, 5) is 12.0. The molecular formula is C15H11NO4. The van der Waals surface area contributed by atoms with E-state index in [-0.39, 0.29) is 17.1 Å². The quantitative estimate of drug-likeness (QED) is 0.422. The van der Waals surface area contributed by atoms with Crippen LogP contribution in [0.25, 0.3) is 11.6 Å². The van der Waals surface area contributed by atoms with E-state index in [0.717, 1.165) is 0 Å². The fourth-order valence-corrected chi connectivity index (χ4v) is 2.18. The molecule has 100 valence electrons. The van der Waals surface area contributed by atoms with E-state index in [0.29, 0.717) is 21.9 Å². The van der Waals surface area contributed by atoms with E-state index in [9.17, 15) is 20.2 Å². The molecule has 1 amide bonds. The Morgan fingerprint density at radius 2 is 1.80 bits per heavy atom. The summed E-state index contributed by atoms with van der Waals surface area (Å²) < 4.78 is 0. The van der Waals surface area contributed by atoms with Gasteiger partial charge in [-0.3, -0.25) is 10.0 Å². The summed E-state index contributed by atoms with van der Waals surface area (Å²) in [6.45, 7) is 0. The number of hydroxylamine groups is 1. The van der Waals surface area contributed by atoms with Crippen molar-refractivity contribution in [1.29, 1.82) is 0 Å². The molecule has 0 aliphatic carbocycles. The summed E-state index contributed by atoms with van der Waals surface area (Å²) in [5.41, 5.74) is 1.52. The molecule has 0 saturated carbocycles. The second-order valence-corrected chi connectivity index (χ2v) is 4.44. The number of anilines is 1. The molecule has 0 unspecified atom stereocenters. The summed E-state index contributed by atoms with van der Waals surface area (Å²) >= 11 is 0. The van der Waals surface area contributed by atoms with E-state index in [2.05, 4.69) is 0 Å². The first-order valence-electron chi connectivity index (χ1n) is 5.94. The number of carbonyl (C=O) groups is 1. The lowest BCUT2D eigenvalue weighted by molar-refractivity contribution is -0.117. The van der Waals surface area contributed by atoms with E-state index in [1.807, 2.05) is 0 Å². The second kappa shape index (κ2) is 4.40. The highest BCUT2D eigenvalue weighted by Gasteiger charge is 2.31. The molecule has 1 aliphatic heterocycles. The van der Waals surface area contributed by atoms with Gasteiger partial charge in [0.05, 0.1) is 11.3 Å². The molecule has 0 fully saturated rings. The zero-order valence-electron chi connectivity index (χ0n) is 10.3. The maximum absolute atomic E-state index is 12.0. The molecule has 5 heteroatoms. The third-order valence-corrected chi connectivity index (χ3v) is 3.16. The first-order chi connectivity index (χ1) is 9.58. The summed E-state index contributed by atoms with van der Waals surface area (Å²) in [6.07, 6.45) is 1.44. The normalized spacial score (nSPS) is 15.8. The van der Waals surface area contributed by atoms with Gasteiger partial charge in [0.25, 0.3) is 5.91 Å². The van der Waals surface area contributed by atoms with E-state index >= 15 is 0 Å². The van der Waals surface area contributed by atoms with Crippen LogP contribution in [0.4, 0.5) is 5.69 Å². The van der Waals surface area contributed by atoms with Gasteiger partial charge < -0.3 is 10.2 Å². The third kappa shape index (κ3) is 1.81. The minimum absolute atomic E-state index is 0.0192. The monoisotopic (exact) mass is 269 g/mol. The molecule has 2 aromatic carbocycles. The number of rotatable bonds is 1. The summed E-state index contributed by atoms with van der Waals surface area (Å²) in [5.74, 6) is -0.653. The minimum atomic E-state index is -0.575. The lowest BCUT2D eigenvalue weighted by atomic mass is 10.0. The van der Waals surface area contributed by atoms with Gasteiger partial charge in [-0.15, -0.1) is 0 Å². The number of phenols is 2. The number of para-hydroxylation sites is 1. The van der Waals surface area contributed by atoms with Gasteiger partial charge in [-0.1, -0.05) is 18.2 Å². The van der Waals surface area contributed by atoms with E-state index in [4.69, 9.17) is 0 Å². The Kier molecular flexibility index (Phi) is 2.69. The van der Waals surface area contributed by atoms with Gasteiger partial charge in [0.2, 0.25) is 0 Å². The molecule has 2 aromatic rings. The molecule has 1 heterocycles. The Balaban J connectivity index is 2.17. The Labute approximate surface area is 114 Å². The van der Waals surface area contributed by atoms with Crippen LogP contribution >= 0.6 is 0 Å². The van der Waals surface area contributed by atoms with Crippen molar-refractivity contribution in [2.75, 3.05) is 5.06 Å². The number of nitrogens with zero attached hydrogens (tertiary/aromatic N) is 1. The predicted octanol–water partition coefficient (Wildman–Crippen LogP) is 2.37. The van der Waals surface area contributed by atoms with Gasteiger partial charge in [0.1, 0.15) is 11.5 Å². The maximum atomic E-state index is 12.0. The highest BCUT2D eigenvalue weighted by atomic mass is 16.5. The van der Waals surface area contributed by atoms with Gasteiger partial charge in [0, 0.05) is 11.1 Å². The predicted molar refractivity (Wildman–Crippen MR) is 73.4 cm³/mol. The summed E-state index contributed by atoms with van der Waals surface area (Å²) in [6, 6.07) is 10.8. The summed E-state index contributed by atoms with van der Waals surface area (Å²) in [7, 11) is 0. The number of fused-ring (bicyclic) bond motifs is 1. The zero-order chi connectivity index (χ0) is 14.3. The number of hydrogen-bond acceptors (Lipinski definition) is 4. The van der Waals surface area contributed by atoms with Crippen molar-refractivity contribution in [2.45, 2.75) is 0 Å². The molecule has 3 rings (SSSR count). The van der Waals surface area contributed by atoms with E-state index in [1.165, 1.54) is 24.3 Å². The molecule has 1 aliphatic rings. The smallest absolute Gasteiger partial charge is 0.282 e. The topological polar surface area (TPSA) is 81.0 Å². The standard InChI is InChI=1S/C15H11NO4/c17-10-5-6-14(18)9(7-10)8-12-11-3-1-2-4-13(11)16(20)15(12)19/h1-8,17-18,20H/b12-8+. The van der Waals surface area contributed by atoms with Crippen LogP contribution in [0.3, 0.4) is 0 Å². The van der Waals surface area contributed by atoms with Crippen molar-refractivity contribution in [2.24, 2.45) is 0 Å². The lowest BCUT2D eigenvalue weighted by Crippen LogP contribution is -2.21. The largest absolute Gasteiger partial charge is 0.508 e. The SMILES string of the molecule is O=C1/C(=C/c2cc(O)ccc2O)c2ccccc2N1O. The molecule has 20 heavy (non-hydrogen) atoms. The average molecular weight is 269 g/mol. The van der Waals surface area contributed by atoms with Crippen molar-refractivity contribution in [3.8, 4) is 11.5 Å². The fourth-order valence-electron chi connectivity index (χ4n) is 2.18. The van der Waals surface area contributed by atoms with Gasteiger partial charge in [-0.05, 0) is 30.3 Å². The van der Waals surface area contributed by atoms with Crippen molar-refractivity contribution >= 4 is 23.2 Å². The third-order valence-electron chi connectivity index (χ3n) is 3.16. The van der Waals surface area contributed by atoms with Crippen LogP contribution in [-0.4, -0.2) is 21.3 Å². The van der Waals surface area contributed by atoms with Gasteiger partial charge >= 0.3 is 0 Å². The molecule has 0 aromatic heterocycles. The van der Waals surface area contributed by atoms with Crippen molar-refractivity contribution in [3.05, 3.63) is 53.6 Å². The molecule has 0 atom stereocenters. The Bertz CT molecular complexity index is 736. The molecule has 5 nitrogen and oxygen atoms in total. The molecule has 0 bridgehead atoms. The van der Waals surface area contributed by atoms with E-state index < -0.39 is 5.91 Å². The van der Waals surface area contributed by atoms with Crippen molar-refractivity contribution in [3.63, 3.8) is 0 Å². The fraction of sp³-hybridized carbons (Fsp3) is 0. The highest BCUT2D eigenvalue weighted by Crippen LogP contribution is 2.37. The van der Waals surface area contributed by atoms with Crippen LogP contribution in [0.1, 0.15) is 11.1 Å². The highest BCUT2D eigenvalue weighted by molar-refractivity contribution is 6.35. The van der Waals surface area contributed by atoms with Gasteiger partial charge in [-0.2, -0.15) is 5.06 Å². The number of aromatic hydroxyl groups is 2. The van der Waals surface area contributed by atoms with Gasteiger partial charge in [-0.25, -0.2) is 0 Å². The average Bonchev–Trinajstić information content (AvgIpc) is 2.68. The van der Waals surface area contributed by atoms with Crippen molar-refractivity contribution < 1.29 is 20.2 Å². The minimum Gasteiger partial charge on any atom is -0.508 e. The van der Waals surface area contributed by atoms with Crippen LogP contribution < -0.4 is 5.06 Å². The van der Waals surface area contributed by atoms with Gasteiger partial charge in [0.15, 0.2) is 0 Å². The lowest BCUT2D eigenvalue weighted by Gasteiger charge is -2.05. The first kappa shape index (κ1) is 12.3. The van der Waals surface area contributed by atoms with Crippen LogP contribution in [-0.2, 0) is 4.79 Å². The van der Waals surface area contributed by atoms with Crippen molar-refractivity contribution in [1.82, 2.24) is 0 Å². The number of amides is 1. The second-order valence-electron chi connectivity index (χ2n) is 4.44. The molecule has 0 radical (unpaired) electrons. The van der Waals surface area contributed by atoms with E-state index in [1.54, 1.807) is 24.3 Å². The Morgan fingerprint density at radius 3 is 2.60 bits per heavy atom. The first-order valence-corrected chi connectivity index (χ1v) is 5.94. The molecular weight excluding hydrogens is 258 g/mol. The maximum Gasteiger partial charge on any atom is 0.282 e. The zero-order valence-corrected chi connectivity index (χ0v) is 10.3. The Morgan fingerprint density at radius 1 is 1.05 bits per heavy atom. The number of carbonyl (C=O) groups excluding carboxylic acids is 1. The summed E-state index contributed by atoms with van der Waals surface area (Å²) in [5, 5.41) is 29.5.